The summed E-state index contributed by atoms with van der Waals surface area (Å²) in [4.78, 5) is 30.5. The maximum Gasteiger partial charge on any atom is 0.227 e. The van der Waals surface area contributed by atoms with Crippen LogP contribution in [-0.4, -0.2) is 70.7 Å². The zero-order valence-electron chi connectivity index (χ0n) is 13.9. The molecule has 7 heteroatoms. The fourth-order valence-electron chi connectivity index (χ4n) is 2.28. The number of allylic oxidation sites excluding steroid dienone is 1. The van der Waals surface area contributed by atoms with Crippen molar-refractivity contribution >= 4 is 20.8 Å². The van der Waals surface area contributed by atoms with Crippen molar-refractivity contribution in [2.45, 2.75) is 25.9 Å². The molecular weight excluding hydrogens is 404 g/mol. The molecule has 0 amide bonds. The average Bonchev–Trinajstić information content (AvgIpc) is 3.24. The summed E-state index contributed by atoms with van der Waals surface area (Å²) in [6.45, 7) is 11.9. The van der Waals surface area contributed by atoms with Crippen molar-refractivity contribution in [3.8, 4) is 0 Å². The Labute approximate surface area is 154 Å². The summed E-state index contributed by atoms with van der Waals surface area (Å²) in [6.07, 6.45) is 1.52. The average molecular weight is 428 g/mol. The van der Waals surface area contributed by atoms with Gasteiger partial charge in [0.1, 0.15) is 11.4 Å². The molecule has 0 spiro atoms. The molecule has 4 rings (SSSR count). The van der Waals surface area contributed by atoms with Crippen LogP contribution in [0.1, 0.15) is 20.8 Å². The Balaban J connectivity index is 0.000000284. The van der Waals surface area contributed by atoms with Crippen LogP contribution in [0.15, 0.2) is 23.2 Å². The largest absolute Gasteiger partial charge is 0.365 e. The Morgan fingerprint density at radius 1 is 0.870 bits per heavy atom. The van der Waals surface area contributed by atoms with Crippen molar-refractivity contribution < 1.29 is 30.0 Å². The molecule has 0 aromatic rings. The van der Waals surface area contributed by atoms with E-state index in [1.54, 1.807) is 0 Å². The van der Waals surface area contributed by atoms with E-state index < -0.39 is 0 Å². The molecule has 23 heavy (non-hydrogen) atoms. The van der Waals surface area contributed by atoms with E-state index in [4.69, 9.17) is 0 Å². The van der Waals surface area contributed by atoms with E-state index in [1.165, 1.54) is 6.08 Å². The molecule has 0 bridgehead atoms. The summed E-state index contributed by atoms with van der Waals surface area (Å²) in [5.74, 6) is 0.0485. The first kappa shape index (κ1) is 18.6. The Morgan fingerprint density at radius 3 is 1.65 bits per heavy atom. The number of ketones is 2. The van der Waals surface area contributed by atoms with Gasteiger partial charge in [0.2, 0.25) is 11.6 Å². The Hall–Kier alpha value is -0.688. The quantitative estimate of drug-likeness (QED) is 0.289. The van der Waals surface area contributed by atoms with Crippen LogP contribution in [0.2, 0.25) is 0 Å². The number of Topliss-reactive ketones (excluding diaryl/α,β-unsaturated/α-hetero) is 1. The topological polar surface area (TPSA) is 43.2 Å². The minimum absolute atomic E-state index is 0. The van der Waals surface area contributed by atoms with Gasteiger partial charge in [-0.05, 0) is 5.16 Å². The molecule has 0 aromatic carbocycles. The number of hydrogen-bond acceptors (Lipinski definition) is 5. The van der Waals surface area contributed by atoms with Crippen LogP contribution in [0.3, 0.4) is 0 Å². The van der Waals surface area contributed by atoms with Gasteiger partial charge in [0, 0.05) is 65.8 Å². The standard InChI is InChI=1S/C12H13N3O2.C4H11P.Pd/c16-9-7-8(13-1-2-13)12(17)11(15-5-6-15)10(9)14-3-4-14;1-4(2,3)5;/h7H,1-6H2;5H2,1-3H3;. The van der Waals surface area contributed by atoms with E-state index in [-0.39, 0.29) is 32.0 Å². The molecule has 1 atom stereocenters. The minimum atomic E-state index is 0. The van der Waals surface area contributed by atoms with E-state index >= 15 is 0 Å². The van der Waals surface area contributed by atoms with Crippen LogP contribution in [-0.2, 0) is 30.0 Å². The summed E-state index contributed by atoms with van der Waals surface area (Å²) >= 11 is 0. The van der Waals surface area contributed by atoms with Crippen LogP contribution in [0.4, 0.5) is 0 Å². The number of nitrogens with zero attached hydrogens (tertiary/aromatic N) is 3. The summed E-state index contributed by atoms with van der Waals surface area (Å²) in [6, 6.07) is 0. The molecule has 3 saturated heterocycles. The second-order valence-corrected chi connectivity index (χ2v) is 8.98. The van der Waals surface area contributed by atoms with E-state index in [2.05, 4.69) is 30.0 Å². The van der Waals surface area contributed by atoms with Gasteiger partial charge in [0.15, 0.2) is 0 Å². The summed E-state index contributed by atoms with van der Waals surface area (Å²) < 4.78 is 0. The molecule has 1 aliphatic carbocycles. The molecule has 3 fully saturated rings. The van der Waals surface area contributed by atoms with Crippen molar-refractivity contribution in [3.05, 3.63) is 23.2 Å². The maximum atomic E-state index is 12.4. The molecule has 0 saturated carbocycles. The van der Waals surface area contributed by atoms with Gasteiger partial charge in [0.05, 0.1) is 5.70 Å². The molecule has 130 valence electrons. The van der Waals surface area contributed by atoms with Gasteiger partial charge >= 0.3 is 0 Å². The third-order valence-corrected chi connectivity index (χ3v) is 3.49. The smallest absolute Gasteiger partial charge is 0.227 e. The van der Waals surface area contributed by atoms with Crippen LogP contribution < -0.4 is 0 Å². The van der Waals surface area contributed by atoms with Gasteiger partial charge < -0.3 is 14.7 Å². The predicted molar refractivity (Wildman–Crippen MR) is 89.3 cm³/mol. The number of rotatable bonds is 3. The van der Waals surface area contributed by atoms with Crippen molar-refractivity contribution in [2.24, 2.45) is 0 Å². The summed E-state index contributed by atoms with van der Waals surface area (Å²) in [7, 11) is 2.72. The Morgan fingerprint density at radius 2 is 1.26 bits per heavy atom. The van der Waals surface area contributed by atoms with Gasteiger partial charge in [-0.3, -0.25) is 9.59 Å². The zero-order chi connectivity index (χ0) is 16.1. The van der Waals surface area contributed by atoms with Gasteiger partial charge in [-0.1, -0.05) is 20.8 Å². The van der Waals surface area contributed by atoms with Crippen molar-refractivity contribution in [3.63, 3.8) is 0 Å². The fraction of sp³-hybridized carbons (Fsp3) is 0.625. The van der Waals surface area contributed by atoms with Crippen LogP contribution in [0.5, 0.6) is 0 Å². The van der Waals surface area contributed by atoms with Crippen molar-refractivity contribution in [1.82, 2.24) is 14.7 Å². The molecule has 3 aliphatic heterocycles. The normalized spacial score (nSPS) is 22.3. The number of hydrogen-bond donors (Lipinski definition) is 0. The van der Waals surface area contributed by atoms with Crippen LogP contribution in [0, 0.1) is 0 Å². The van der Waals surface area contributed by atoms with Gasteiger partial charge in [-0.25, -0.2) is 0 Å². The van der Waals surface area contributed by atoms with Crippen LogP contribution >= 0.6 is 9.24 Å². The van der Waals surface area contributed by atoms with Gasteiger partial charge in [-0.2, -0.15) is 0 Å². The molecular formula is C16H24N3O2PPd. The van der Waals surface area contributed by atoms with Crippen molar-refractivity contribution in [2.75, 3.05) is 39.3 Å². The first-order valence-electron chi connectivity index (χ1n) is 7.84. The zero-order valence-corrected chi connectivity index (χ0v) is 16.6. The Bertz CT molecular complexity index is 577. The first-order chi connectivity index (χ1) is 10.3. The SMILES string of the molecule is CC(C)(C)P.O=C1C=C(N2CC2)C(=O)C(N2CC2)=C1N1CC1.[Pd]. The van der Waals surface area contributed by atoms with Crippen molar-refractivity contribution in [1.29, 1.82) is 0 Å². The monoisotopic (exact) mass is 427 g/mol. The molecule has 3 heterocycles. The third-order valence-electron chi connectivity index (χ3n) is 3.49. The van der Waals surface area contributed by atoms with E-state index in [1.807, 2.05) is 14.7 Å². The van der Waals surface area contributed by atoms with Gasteiger partial charge in [0.25, 0.3) is 0 Å². The minimum Gasteiger partial charge on any atom is -0.365 e. The fourth-order valence-corrected chi connectivity index (χ4v) is 2.28. The molecule has 0 N–H and O–H groups in total. The third kappa shape index (κ3) is 4.89. The second kappa shape index (κ2) is 6.67. The first-order valence-corrected chi connectivity index (χ1v) is 8.42. The Kier molecular flexibility index (Phi) is 5.41. The number of carbonyl (C=O) groups is 2. The summed E-state index contributed by atoms with van der Waals surface area (Å²) in [5, 5.41) is 0.417. The molecule has 0 radical (unpaired) electrons. The maximum absolute atomic E-state index is 12.4. The summed E-state index contributed by atoms with van der Waals surface area (Å²) in [5.41, 5.74) is 1.89. The van der Waals surface area contributed by atoms with Gasteiger partial charge in [-0.15, -0.1) is 9.24 Å². The molecule has 1 unspecified atom stereocenters. The molecule has 0 aromatic heterocycles. The second-order valence-electron chi connectivity index (χ2n) is 7.25. The van der Waals surface area contributed by atoms with E-state index in [9.17, 15) is 9.59 Å². The molecule has 5 nitrogen and oxygen atoms in total. The molecule has 4 aliphatic rings. The predicted octanol–water partition coefficient (Wildman–Crippen LogP) is 0.838. The number of carbonyl (C=O) groups excluding carboxylic acids is 2. The van der Waals surface area contributed by atoms with Crippen LogP contribution in [0.25, 0.3) is 0 Å². The van der Waals surface area contributed by atoms with E-state index in [0.717, 1.165) is 39.3 Å². The van der Waals surface area contributed by atoms with E-state index in [0.29, 0.717) is 22.2 Å².